The van der Waals surface area contributed by atoms with Gasteiger partial charge in [-0.25, -0.2) is 0 Å². The minimum atomic E-state index is -4.13. The maximum atomic E-state index is 12.3. The Balaban J connectivity index is 2.47. The SMILES string of the molecule is CCCNCC1(OCCC(F)(F)F)CCC(CC)CC1. The molecule has 0 bridgehead atoms. The van der Waals surface area contributed by atoms with Crippen LogP contribution in [0.2, 0.25) is 0 Å². The molecule has 1 aliphatic rings. The predicted octanol–water partition coefficient (Wildman–Crippen LogP) is 4.29. The molecule has 0 saturated heterocycles. The monoisotopic (exact) mass is 295 g/mol. The number of hydrogen-bond acceptors (Lipinski definition) is 2. The Morgan fingerprint density at radius 1 is 1.20 bits per heavy atom. The van der Waals surface area contributed by atoms with Crippen LogP contribution in [-0.2, 0) is 4.74 Å². The van der Waals surface area contributed by atoms with Gasteiger partial charge >= 0.3 is 6.18 Å². The van der Waals surface area contributed by atoms with E-state index in [1.165, 1.54) is 0 Å². The highest BCUT2D eigenvalue weighted by molar-refractivity contribution is 4.89. The fourth-order valence-corrected chi connectivity index (χ4v) is 2.86. The lowest BCUT2D eigenvalue weighted by Gasteiger charge is -2.40. The van der Waals surface area contributed by atoms with Gasteiger partial charge in [-0.3, -0.25) is 0 Å². The van der Waals surface area contributed by atoms with E-state index in [0.29, 0.717) is 12.5 Å². The first-order valence-electron chi connectivity index (χ1n) is 7.82. The number of ether oxygens (including phenoxy) is 1. The van der Waals surface area contributed by atoms with Gasteiger partial charge in [0.25, 0.3) is 0 Å². The normalized spacial score (nSPS) is 27.8. The molecule has 0 amide bonds. The molecule has 0 aromatic carbocycles. The van der Waals surface area contributed by atoms with Crippen LogP contribution in [0.1, 0.15) is 58.8 Å². The molecular weight excluding hydrogens is 267 g/mol. The summed E-state index contributed by atoms with van der Waals surface area (Å²) in [7, 11) is 0. The lowest BCUT2D eigenvalue weighted by atomic mass is 9.77. The van der Waals surface area contributed by atoms with Gasteiger partial charge in [0.2, 0.25) is 0 Å². The summed E-state index contributed by atoms with van der Waals surface area (Å²) in [6.45, 7) is 5.61. The van der Waals surface area contributed by atoms with Crippen molar-refractivity contribution < 1.29 is 17.9 Å². The van der Waals surface area contributed by atoms with Crippen molar-refractivity contribution in [2.75, 3.05) is 19.7 Å². The van der Waals surface area contributed by atoms with Crippen molar-refractivity contribution in [3.8, 4) is 0 Å². The van der Waals surface area contributed by atoms with Crippen molar-refractivity contribution in [3.05, 3.63) is 0 Å². The highest BCUT2D eigenvalue weighted by Crippen LogP contribution is 2.36. The molecule has 2 nitrogen and oxygen atoms in total. The third-order valence-corrected chi connectivity index (χ3v) is 4.26. The van der Waals surface area contributed by atoms with E-state index in [2.05, 4.69) is 19.2 Å². The first-order chi connectivity index (χ1) is 9.41. The van der Waals surface area contributed by atoms with Crippen molar-refractivity contribution in [1.29, 1.82) is 0 Å². The smallest absolute Gasteiger partial charge is 0.373 e. The maximum absolute atomic E-state index is 12.3. The average Bonchev–Trinajstić information content (AvgIpc) is 2.38. The van der Waals surface area contributed by atoms with Gasteiger partial charge < -0.3 is 10.1 Å². The topological polar surface area (TPSA) is 21.3 Å². The summed E-state index contributed by atoms with van der Waals surface area (Å²) in [6.07, 6.45) is 1.09. The molecule has 0 spiro atoms. The van der Waals surface area contributed by atoms with E-state index >= 15 is 0 Å². The molecule has 0 heterocycles. The van der Waals surface area contributed by atoms with E-state index < -0.39 is 12.6 Å². The molecule has 20 heavy (non-hydrogen) atoms. The minimum absolute atomic E-state index is 0.214. The predicted molar refractivity (Wildman–Crippen MR) is 74.8 cm³/mol. The van der Waals surface area contributed by atoms with Gasteiger partial charge in [-0.15, -0.1) is 0 Å². The second-order valence-electron chi connectivity index (χ2n) is 5.93. The molecule has 1 saturated carbocycles. The van der Waals surface area contributed by atoms with E-state index in [-0.39, 0.29) is 12.2 Å². The third-order valence-electron chi connectivity index (χ3n) is 4.26. The van der Waals surface area contributed by atoms with Crippen molar-refractivity contribution in [1.82, 2.24) is 5.32 Å². The van der Waals surface area contributed by atoms with Crippen LogP contribution in [0.5, 0.6) is 0 Å². The Labute approximate surface area is 120 Å². The number of hydrogen-bond donors (Lipinski definition) is 1. The van der Waals surface area contributed by atoms with Gasteiger partial charge in [0.15, 0.2) is 0 Å². The van der Waals surface area contributed by atoms with Crippen LogP contribution < -0.4 is 5.32 Å². The van der Waals surface area contributed by atoms with Crippen LogP contribution >= 0.6 is 0 Å². The van der Waals surface area contributed by atoms with E-state index in [9.17, 15) is 13.2 Å². The zero-order valence-corrected chi connectivity index (χ0v) is 12.7. The molecule has 1 aliphatic carbocycles. The van der Waals surface area contributed by atoms with Crippen molar-refractivity contribution >= 4 is 0 Å². The molecule has 1 fully saturated rings. The molecule has 0 aliphatic heterocycles. The van der Waals surface area contributed by atoms with Crippen molar-refractivity contribution in [2.24, 2.45) is 5.92 Å². The molecule has 0 radical (unpaired) electrons. The van der Waals surface area contributed by atoms with Crippen LogP contribution in [0.3, 0.4) is 0 Å². The standard InChI is InChI=1S/C15H28F3NO/c1-3-10-19-12-14(20-11-9-15(16,17)18)7-5-13(4-2)6-8-14/h13,19H,3-12H2,1-2H3. The Kier molecular flexibility index (Phi) is 7.30. The van der Waals surface area contributed by atoms with E-state index in [1.54, 1.807) is 0 Å². The summed E-state index contributed by atoms with van der Waals surface area (Å²) in [6, 6.07) is 0. The minimum Gasteiger partial charge on any atom is -0.373 e. The Morgan fingerprint density at radius 2 is 1.85 bits per heavy atom. The summed E-state index contributed by atoms with van der Waals surface area (Å²) in [5, 5.41) is 3.32. The Hall–Kier alpha value is -0.290. The average molecular weight is 295 g/mol. The molecular formula is C15H28F3NO. The summed E-state index contributed by atoms with van der Waals surface area (Å²) in [5.74, 6) is 0.709. The summed E-state index contributed by atoms with van der Waals surface area (Å²) in [4.78, 5) is 0. The number of alkyl halides is 3. The fraction of sp³-hybridized carbons (Fsp3) is 1.00. The zero-order valence-electron chi connectivity index (χ0n) is 12.7. The van der Waals surface area contributed by atoms with Crippen LogP contribution in [-0.4, -0.2) is 31.5 Å². The van der Waals surface area contributed by atoms with Gasteiger partial charge in [0.1, 0.15) is 0 Å². The van der Waals surface area contributed by atoms with Gasteiger partial charge in [0.05, 0.1) is 18.6 Å². The molecule has 0 aromatic rings. The maximum Gasteiger partial charge on any atom is 0.391 e. The largest absolute Gasteiger partial charge is 0.391 e. The quantitative estimate of drug-likeness (QED) is 0.674. The Morgan fingerprint density at radius 3 is 2.35 bits per heavy atom. The second-order valence-corrected chi connectivity index (χ2v) is 5.93. The van der Waals surface area contributed by atoms with E-state index in [4.69, 9.17) is 4.74 Å². The van der Waals surface area contributed by atoms with Gasteiger partial charge in [-0.1, -0.05) is 20.3 Å². The molecule has 0 aromatic heterocycles. The second kappa shape index (κ2) is 8.23. The van der Waals surface area contributed by atoms with Gasteiger partial charge in [-0.2, -0.15) is 13.2 Å². The molecule has 1 rings (SSSR count). The van der Waals surface area contributed by atoms with E-state index in [0.717, 1.165) is 45.1 Å². The van der Waals surface area contributed by atoms with Crippen LogP contribution in [0.25, 0.3) is 0 Å². The highest BCUT2D eigenvalue weighted by atomic mass is 19.4. The van der Waals surface area contributed by atoms with Crippen LogP contribution in [0.4, 0.5) is 13.2 Å². The molecule has 0 atom stereocenters. The van der Waals surface area contributed by atoms with E-state index in [1.807, 2.05) is 0 Å². The first-order valence-corrected chi connectivity index (χ1v) is 7.82. The Bertz CT molecular complexity index is 255. The molecule has 0 unspecified atom stereocenters. The summed E-state index contributed by atoms with van der Waals surface area (Å²) >= 11 is 0. The third kappa shape index (κ3) is 6.44. The van der Waals surface area contributed by atoms with Crippen molar-refractivity contribution in [3.63, 3.8) is 0 Å². The van der Waals surface area contributed by atoms with Crippen LogP contribution in [0, 0.1) is 5.92 Å². The first kappa shape index (κ1) is 17.8. The molecule has 5 heteroatoms. The number of halogens is 3. The van der Waals surface area contributed by atoms with Crippen LogP contribution in [0.15, 0.2) is 0 Å². The van der Waals surface area contributed by atoms with Crippen molar-refractivity contribution in [2.45, 2.75) is 70.6 Å². The molecule has 1 N–H and O–H groups in total. The lowest BCUT2D eigenvalue weighted by Crippen LogP contribution is -2.46. The zero-order chi connectivity index (χ0) is 15.1. The number of rotatable bonds is 8. The lowest BCUT2D eigenvalue weighted by molar-refractivity contribution is -0.163. The fourth-order valence-electron chi connectivity index (χ4n) is 2.86. The molecule has 120 valence electrons. The highest BCUT2D eigenvalue weighted by Gasteiger charge is 2.37. The number of nitrogens with one attached hydrogen (secondary N) is 1. The summed E-state index contributed by atoms with van der Waals surface area (Å²) < 4.78 is 42.5. The van der Waals surface area contributed by atoms with Gasteiger partial charge in [-0.05, 0) is 44.6 Å². The van der Waals surface area contributed by atoms with Gasteiger partial charge in [0, 0.05) is 6.54 Å². The summed E-state index contributed by atoms with van der Waals surface area (Å²) in [5.41, 5.74) is -0.383.